The first-order valence-corrected chi connectivity index (χ1v) is 7.77. The number of aromatic nitrogens is 3. The molecule has 1 atom stereocenters. The van der Waals surface area contributed by atoms with Gasteiger partial charge in [-0.05, 0) is 32.6 Å². The maximum Gasteiger partial charge on any atom is 0.231 e. The zero-order valence-electron chi connectivity index (χ0n) is 13.2. The van der Waals surface area contributed by atoms with Gasteiger partial charge in [0, 0.05) is 39.9 Å². The van der Waals surface area contributed by atoms with Crippen molar-refractivity contribution in [2.24, 2.45) is 5.92 Å². The smallest absolute Gasteiger partial charge is 0.231 e. The molecule has 1 saturated heterocycles. The third-order valence-electron chi connectivity index (χ3n) is 3.75. The first kappa shape index (κ1) is 15.8. The SMILES string of the molecule is CCN(CC)c1nc(NC)nc(NCCC2CCOC2)n1. The lowest BCUT2D eigenvalue weighted by Gasteiger charge is -2.19. The van der Waals surface area contributed by atoms with Crippen molar-refractivity contribution in [3.05, 3.63) is 0 Å². The van der Waals surface area contributed by atoms with Crippen LogP contribution in [0.2, 0.25) is 0 Å². The summed E-state index contributed by atoms with van der Waals surface area (Å²) in [5.74, 6) is 2.60. The topological polar surface area (TPSA) is 75.2 Å². The fourth-order valence-corrected chi connectivity index (χ4v) is 2.40. The molecular formula is C14H26N6O. The first-order chi connectivity index (χ1) is 10.3. The molecule has 1 unspecified atom stereocenters. The second-order valence-electron chi connectivity index (χ2n) is 5.15. The lowest BCUT2D eigenvalue weighted by atomic mass is 10.1. The fourth-order valence-electron chi connectivity index (χ4n) is 2.40. The van der Waals surface area contributed by atoms with Crippen LogP contribution in [0, 0.1) is 5.92 Å². The Kier molecular flexibility index (Phi) is 5.98. The molecule has 0 amide bonds. The molecule has 0 radical (unpaired) electrons. The molecule has 0 saturated carbocycles. The first-order valence-electron chi connectivity index (χ1n) is 7.77. The molecule has 21 heavy (non-hydrogen) atoms. The fraction of sp³-hybridized carbons (Fsp3) is 0.786. The van der Waals surface area contributed by atoms with E-state index in [0.717, 1.165) is 45.7 Å². The molecule has 2 heterocycles. The van der Waals surface area contributed by atoms with Crippen LogP contribution >= 0.6 is 0 Å². The van der Waals surface area contributed by atoms with Crippen LogP contribution in [0.25, 0.3) is 0 Å². The highest BCUT2D eigenvalue weighted by atomic mass is 16.5. The van der Waals surface area contributed by atoms with Crippen molar-refractivity contribution in [1.29, 1.82) is 0 Å². The van der Waals surface area contributed by atoms with Crippen LogP contribution in [0.15, 0.2) is 0 Å². The molecule has 1 fully saturated rings. The van der Waals surface area contributed by atoms with Crippen molar-refractivity contribution < 1.29 is 4.74 Å². The van der Waals surface area contributed by atoms with Crippen molar-refractivity contribution in [3.63, 3.8) is 0 Å². The molecule has 0 bridgehead atoms. The summed E-state index contributed by atoms with van der Waals surface area (Å²) in [4.78, 5) is 15.4. The average molecular weight is 294 g/mol. The van der Waals surface area contributed by atoms with Gasteiger partial charge in [0.15, 0.2) is 0 Å². The molecule has 1 aliphatic heterocycles. The van der Waals surface area contributed by atoms with Gasteiger partial charge in [0.2, 0.25) is 17.8 Å². The molecule has 0 spiro atoms. The standard InChI is InChI=1S/C14H26N6O/c1-4-20(5-2)14-18-12(15-3)17-13(19-14)16-8-6-11-7-9-21-10-11/h11H,4-10H2,1-3H3,(H2,15,16,17,18,19). The largest absolute Gasteiger partial charge is 0.381 e. The molecular weight excluding hydrogens is 268 g/mol. The van der Waals surface area contributed by atoms with Crippen LogP contribution in [0.3, 0.4) is 0 Å². The molecule has 2 rings (SSSR count). The van der Waals surface area contributed by atoms with Gasteiger partial charge in [-0.1, -0.05) is 0 Å². The van der Waals surface area contributed by atoms with Gasteiger partial charge in [-0.15, -0.1) is 0 Å². The monoisotopic (exact) mass is 294 g/mol. The van der Waals surface area contributed by atoms with Gasteiger partial charge in [-0.25, -0.2) is 0 Å². The molecule has 7 nitrogen and oxygen atoms in total. The number of anilines is 3. The highest BCUT2D eigenvalue weighted by Crippen LogP contribution is 2.17. The average Bonchev–Trinajstić information content (AvgIpc) is 3.01. The highest BCUT2D eigenvalue weighted by Gasteiger charge is 2.15. The van der Waals surface area contributed by atoms with E-state index in [1.807, 2.05) is 7.05 Å². The summed E-state index contributed by atoms with van der Waals surface area (Å²) in [6.07, 6.45) is 2.24. The van der Waals surface area contributed by atoms with E-state index in [4.69, 9.17) is 4.74 Å². The highest BCUT2D eigenvalue weighted by molar-refractivity contribution is 5.43. The maximum atomic E-state index is 5.39. The number of hydrogen-bond donors (Lipinski definition) is 2. The van der Waals surface area contributed by atoms with Crippen molar-refractivity contribution in [1.82, 2.24) is 15.0 Å². The Morgan fingerprint density at radius 3 is 2.57 bits per heavy atom. The molecule has 1 aromatic rings. The molecule has 1 aromatic heterocycles. The van der Waals surface area contributed by atoms with E-state index in [0.29, 0.717) is 23.8 Å². The summed E-state index contributed by atoms with van der Waals surface area (Å²) in [6.45, 7) is 8.58. The number of rotatable bonds is 8. The second-order valence-corrected chi connectivity index (χ2v) is 5.15. The molecule has 0 aliphatic carbocycles. The van der Waals surface area contributed by atoms with Gasteiger partial charge >= 0.3 is 0 Å². The Hall–Kier alpha value is -1.63. The van der Waals surface area contributed by atoms with Crippen molar-refractivity contribution >= 4 is 17.8 Å². The Morgan fingerprint density at radius 2 is 1.95 bits per heavy atom. The molecule has 2 N–H and O–H groups in total. The van der Waals surface area contributed by atoms with Gasteiger partial charge in [0.1, 0.15) is 0 Å². The molecule has 0 aromatic carbocycles. The van der Waals surface area contributed by atoms with Gasteiger partial charge in [0.25, 0.3) is 0 Å². The number of ether oxygens (including phenoxy) is 1. The van der Waals surface area contributed by atoms with E-state index in [9.17, 15) is 0 Å². The van der Waals surface area contributed by atoms with Gasteiger partial charge in [-0.2, -0.15) is 15.0 Å². The zero-order valence-corrected chi connectivity index (χ0v) is 13.2. The summed E-state index contributed by atoms with van der Waals surface area (Å²) < 4.78 is 5.39. The van der Waals surface area contributed by atoms with Crippen LogP contribution in [0.1, 0.15) is 26.7 Å². The lowest BCUT2D eigenvalue weighted by molar-refractivity contribution is 0.185. The van der Waals surface area contributed by atoms with Crippen LogP contribution in [0.5, 0.6) is 0 Å². The van der Waals surface area contributed by atoms with E-state index >= 15 is 0 Å². The molecule has 7 heteroatoms. The Labute approximate surface area is 126 Å². The van der Waals surface area contributed by atoms with Crippen LogP contribution in [-0.4, -0.2) is 54.8 Å². The third-order valence-corrected chi connectivity index (χ3v) is 3.75. The van der Waals surface area contributed by atoms with Crippen LogP contribution < -0.4 is 15.5 Å². The minimum Gasteiger partial charge on any atom is -0.381 e. The molecule has 118 valence electrons. The zero-order chi connectivity index (χ0) is 15.1. The normalized spacial score (nSPS) is 17.8. The van der Waals surface area contributed by atoms with Gasteiger partial charge in [0.05, 0.1) is 0 Å². The maximum absolute atomic E-state index is 5.39. The van der Waals surface area contributed by atoms with E-state index in [2.05, 4.69) is 44.3 Å². The van der Waals surface area contributed by atoms with Crippen LogP contribution in [0.4, 0.5) is 17.8 Å². The van der Waals surface area contributed by atoms with Gasteiger partial charge in [-0.3, -0.25) is 0 Å². The summed E-state index contributed by atoms with van der Waals surface area (Å²) in [7, 11) is 1.82. The minimum absolute atomic E-state index is 0.596. The number of hydrogen-bond acceptors (Lipinski definition) is 7. The van der Waals surface area contributed by atoms with E-state index in [1.54, 1.807) is 0 Å². The summed E-state index contributed by atoms with van der Waals surface area (Å²) in [6, 6.07) is 0. The predicted octanol–water partition coefficient (Wildman–Crippen LogP) is 1.60. The van der Waals surface area contributed by atoms with Crippen molar-refractivity contribution in [2.45, 2.75) is 26.7 Å². The third kappa shape index (κ3) is 4.42. The Balaban J connectivity index is 1.98. The Morgan fingerprint density at radius 1 is 1.19 bits per heavy atom. The van der Waals surface area contributed by atoms with E-state index in [1.165, 1.54) is 0 Å². The van der Waals surface area contributed by atoms with Gasteiger partial charge < -0.3 is 20.3 Å². The Bertz CT molecular complexity index is 431. The minimum atomic E-state index is 0.596. The number of nitrogens with zero attached hydrogens (tertiary/aromatic N) is 4. The summed E-state index contributed by atoms with van der Waals surface area (Å²) in [5, 5.41) is 6.30. The predicted molar refractivity (Wildman–Crippen MR) is 85.0 cm³/mol. The second kappa shape index (κ2) is 7.97. The molecule has 1 aliphatic rings. The summed E-state index contributed by atoms with van der Waals surface area (Å²) >= 11 is 0. The van der Waals surface area contributed by atoms with Crippen LogP contribution in [-0.2, 0) is 4.74 Å². The van der Waals surface area contributed by atoms with E-state index in [-0.39, 0.29) is 0 Å². The lowest BCUT2D eigenvalue weighted by Crippen LogP contribution is -2.25. The summed E-state index contributed by atoms with van der Waals surface area (Å²) in [5.41, 5.74) is 0. The van der Waals surface area contributed by atoms with Crippen molar-refractivity contribution in [3.8, 4) is 0 Å². The quantitative estimate of drug-likeness (QED) is 0.754. The number of nitrogens with one attached hydrogen (secondary N) is 2. The van der Waals surface area contributed by atoms with Crippen molar-refractivity contribution in [2.75, 3.05) is 55.4 Å². The van der Waals surface area contributed by atoms with E-state index < -0.39 is 0 Å².